The molecule has 0 amide bonds. The molecule has 0 radical (unpaired) electrons. The van der Waals surface area contributed by atoms with Crippen molar-refractivity contribution in [3.8, 4) is 5.75 Å². The van der Waals surface area contributed by atoms with Crippen LogP contribution in [-0.2, 0) is 0 Å². The number of benzene rings is 1. The van der Waals surface area contributed by atoms with Crippen LogP contribution in [0.4, 0.5) is 0 Å². The van der Waals surface area contributed by atoms with Gasteiger partial charge >= 0.3 is 143 Å². The van der Waals surface area contributed by atoms with E-state index in [0.29, 0.717) is 0 Å². The van der Waals surface area contributed by atoms with Crippen molar-refractivity contribution < 1.29 is 4.74 Å². The molecule has 1 aromatic rings. The van der Waals surface area contributed by atoms with E-state index in [1.54, 1.807) is 16.9 Å². The molecule has 0 bridgehead atoms. The zero-order valence-electron chi connectivity index (χ0n) is 15.3. The quantitative estimate of drug-likeness (QED) is 0.376. The molecule has 0 N–H and O–H groups in total. The van der Waals surface area contributed by atoms with Gasteiger partial charge in [0.05, 0.1) is 0 Å². The SMILES string of the molecule is CCC[CH2][Sn]([CH2]CCC)([CH2]CCC)[c]1ccc(OCC)cc1. The van der Waals surface area contributed by atoms with Crippen molar-refractivity contribution in [2.75, 3.05) is 6.61 Å². The number of unbranched alkanes of at least 4 members (excludes halogenated alkanes) is 3. The average Bonchev–Trinajstić information content (AvgIpc) is 2.56. The Labute approximate surface area is 142 Å². The second-order valence-corrected chi connectivity index (χ2v) is 19.8. The average molecular weight is 411 g/mol. The normalized spacial score (nSPS) is 11.6. The van der Waals surface area contributed by atoms with Crippen LogP contribution in [0.15, 0.2) is 24.3 Å². The molecular formula is C20H36OSn. The predicted octanol–water partition coefficient (Wildman–Crippen LogP) is 6.14. The summed E-state index contributed by atoms with van der Waals surface area (Å²) in [7, 11) is 0. The van der Waals surface area contributed by atoms with Gasteiger partial charge in [-0.3, -0.25) is 0 Å². The Balaban J connectivity index is 3.01. The van der Waals surface area contributed by atoms with E-state index < -0.39 is 18.4 Å². The summed E-state index contributed by atoms with van der Waals surface area (Å²) in [6.45, 7) is 9.84. The molecule has 0 aliphatic carbocycles. The third-order valence-corrected chi connectivity index (χ3v) is 20.5. The van der Waals surface area contributed by atoms with Crippen molar-refractivity contribution >= 4 is 22.0 Å². The van der Waals surface area contributed by atoms with Gasteiger partial charge in [-0.1, -0.05) is 0 Å². The van der Waals surface area contributed by atoms with Gasteiger partial charge in [-0.05, 0) is 0 Å². The fourth-order valence-electron chi connectivity index (χ4n) is 3.42. The molecule has 0 saturated heterocycles. The van der Waals surface area contributed by atoms with Gasteiger partial charge in [0, 0.05) is 0 Å². The van der Waals surface area contributed by atoms with Crippen LogP contribution in [0.5, 0.6) is 5.75 Å². The molecular weight excluding hydrogens is 375 g/mol. The van der Waals surface area contributed by atoms with Gasteiger partial charge in [-0.15, -0.1) is 0 Å². The van der Waals surface area contributed by atoms with Gasteiger partial charge in [0.1, 0.15) is 0 Å². The molecule has 2 heteroatoms. The van der Waals surface area contributed by atoms with E-state index in [1.165, 1.54) is 38.5 Å². The number of rotatable bonds is 12. The summed E-state index contributed by atoms with van der Waals surface area (Å²) in [5, 5.41) is 0. The minimum absolute atomic E-state index is 0.759. The van der Waals surface area contributed by atoms with Crippen molar-refractivity contribution in [1.82, 2.24) is 0 Å². The van der Waals surface area contributed by atoms with Crippen molar-refractivity contribution in [3.05, 3.63) is 24.3 Å². The first-order chi connectivity index (χ1) is 10.7. The topological polar surface area (TPSA) is 9.23 Å². The van der Waals surface area contributed by atoms with Crippen molar-refractivity contribution in [3.63, 3.8) is 0 Å². The van der Waals surface area contributed by atoms with E-state index >= 15 is 0 Å². The summed E-state index contributed by atoms with van der Waals surface area (Å²) in [6, 6.07) is 9.27. The van der Waals surface area contributed by atoms with Crippen LogP contribution in [0, 0.1) is 0 Å². The van der Waals surface area contributed by atoms with Crippen LogP contribution >= 0.6 is 0 Å². The first-order valence-corrected chi connectivity index (χ1v) is 16.9. The third kappa shape index (κ3) is 6.14. The van der Waals surface area contributed by atoms with E-state index in [1.807, 2.05) is 0 Å². The maximum atomic E-state index is 5.64. The number of ether oxygens (including phenoxy) is 1. The summed E-state index contributed by atoms with van der Waals surface area (Å²) in [4.78, 5) is 0. The Morgan fingerprint density at radius 2 is 1.18 bits per heavy atom. The Hall–Kier alpha value is -0.181. The molecule has 0 aliphatic rings. The molecule has 0 saturated carbocycles. The molecule has 0 aromatic heterocycles. The fraction of sp³-hybridized carbons (Fsp3) is 0.700. The molecule has 1 rings (SSSR count). The summed E-state index contributed by atoms with van der Waals surface area (Å²) < 4.78 is 12.0. The molecule has 0 unspecified atom stereocenters. The molecule has 0 spiro atoms. The Kier molecular flexibility index (Phi) is 10.3. The van der Waals surface area contributed by atoms with Crippen LogP contribution in [0.25, 0.3) is 0 Å². The molecule has 0 atom stereocenters. The minimum atomic E-state index is -2.22. The molecule has 0 fully saturated rings. The zero-order valence-corrected chi connectivity index (χ0v) is 18.1. The van der Waals surface area contributed by atoms with Gasteiger partial charge in [0.15, 0.2) is 0 Å². The van der Waals surface area contributed by atoms with E-state index in [4.69, 9.17) is 4.74 Å². The monoisotopic (exact) mass is 412 g/mol. The number of hydrogen-bond acceptors (Lipinski definition) is 1. The van der Waals surface area contributed by atoms with Crippen LogP contribution in [0.1, 0.15) is 66.2 Å². The van der Waals surface area contributed by atoms with Crippen LogP contribution in [0.2, 0.25) is 13.3 Å². The second-order valence-electron chi connectivity index (χ2n) is 6.55. The standard InChI is InChI=1S/C8H9O.3C4H9.Sn/c1-2-9-8-6-4-3-5-7-8;3*1-3-4-2;/h4-7H,2H2,1H3;3*1,3-4H2,2H3;. The van der Waals surface area contributed by atoms with Gasteiger partial charge in [0.25, 0.3) is 0 Å². The second kappa shape index (κ2) is 11.4. The van der Waals surface area contributed by atoms with E-state index in [2.05, 4.69) is 52.0 Å². The summed E-state index contributed by atoms with van der Waals surface area (Å²) in [5.74, 6) is 1.04. The number of hydrogen-bond donors (Lipinski definition) is 0. The molecule has 22 heavy (non-hydrogen) atoms. The van der Waals surface area contributed by atoms with Crippen molar-refractivity contribution in [2.45, 2.75) is 79.5 Å². The summed E-state index contributed by atoms with van der Waals surface area (Å²) in [5.41, 5.74) is 0. The van der Waals surface area contributed by atoms with Gasteiger partial charge in [-0.25, -0.2) is 0 Å². The van der Waals surface area contributed by atoms with Crippen LogP contribution in [-0.4, -0.2) is 25.0 Å². The first kappa shape index (κ1) is 19.9. The van der Waals surface area contributed by atoms with E-state index in [9.17, 15) is 0 Å². The van der Waals surface area contributed by atoms with Crippen LogP contribution < -0.4 is 8.32 Å². The Morgan fingerprint density at radius 1 is 0.727 bits per heavy atom. The van der Waals surface area contributed by atoms with E-state index in [-0.39, 0.29) is 0 Å². The molecule has 1 nitrogen and oxygen atoms in total. The summed E-state index contributed by atoms with van der Waals surface area (Å²) in [6.07, 6.45) is 8.31. The van der Waals surface area contributed by atoms with Crippen molar-refractivity contribution in [1.29, 1.82) is 0 Å². The zero-order chi connectivity index (χ0) is 16.3. The molecule has 0 heterocycles. The Bertz CT molecular complexity index is 363. The van der Waals surface area contributed by atoms with Gasteiger partial charge < -0.3 is 0 Å². The Morgan fingerprint density at radius 3 is 1.55 bits per heavy atom. The van der Waals surface area contributed by atoms with Gasteiger partial charge in [-0.2, -0.15) is 0 Å². The molecule has 1 aromatic carbocycles. The van der Waals surface area contributed by atoms with Crippen molar-refractivity contribution in [2.24, 2.45) is 0 Å². The molecule has 0 aliphatic heterocycles. The molecule has 126 valence electrons. The van der Waals surface area contributed by atoms with Crippen LogP contribution in [0.3, 0.4) is 0 Å². The first-order valence-electron chi connectivity index (χ1n) is 9.45. The van der Waals surface area contributed by atoms with E-state index in [0.717, 1.165) is 12.4 Å². The van der Waals surface area contributed by atoms with Gasteiger partial charge in [0.2, 0.25) is 0 Å². The fourth-order valence-corrected chi connectivity index (χ4v) is 19.4. The maximum absolute atomic E-state index is 5.64. The predicted molar refractivity (Wildman–Crippen MR) is 102 cm³/mol. The summed E-state index contributed by atoms with van der Waals surface area (Å²) >= 11 is -2.22. The third-order valence-electron chi connectivity index (χ3n) is 4.80.